The van der Waals surface area contributed by atoms with E-state index in [1.807, 2.05) is 24.4 Å². The van der Waals surface area contributed by atoms with Gasteiger partial charge in [-0.1, -0.05) is 6.07 Å². The Morgan fingerprint density at radius 2 is 2.07 bits per heavy atom. The van der Waals surface area contributed by atoms with Gasteiger partial charge in [-0.25, -0.2) is 15.0 Å². The second kappa shape index (κ2) is 7.99. The number of pyridine rings is 2. The molecule has 7 heteroatoms. The fraction of sp³-hybridized carbons (Fsp3) is 0.391. The van der Waals surface area contributed by atoms with E-state index in [9.17, 15) is 0 Å². The van der Waals surface area contributed by atoms with Crippen LogP contribution in [0.2, 0.25) is 0 Å². The minimum atomic E-state index is 0.199. The molecule has 2 N–H and O–H groups in total. The van der Waals surface area contributed by atoms with Crippen LogP contribution in [-0.2, 0) is 11.2 Å². The lowest BCUT2D eigenvalue weighted by Crippen LogP contribution is -2.41. The molecule has 2 aliphatic rings. The number of hydrogen-bond donors (Lipinski definition) is 1. The number of anilines is 2. The van der Waals surface area contributed by atoms with Crippen molar-refractivity contribution in [3.8, 4) is 11.3 Å². The van der Waals surface area contributed by atoms with E-state index in [0.29, 0.717) is 18.2 Å². The molecule has 1 aliphatic heterocycles. The number of rotatable bonds is 5. The minimum absolute atomic E-state index is 0.199. The molecule has 154 valence electrons. The molecule has 1 saturated heterocycles. The van der Waals surface area contributed by atoms with Crippen LogP contribution in [0.25, 0.3) is 11.3 Å². The standard InChI is InChI=1S/C23H26N6O/c1-15-14-29(8-9-30-15)21-12-20(27-23(28-21)16-5-6-16)18-10-17(22(24)26-13-18)11-19-4-2-3-7-25-19/h2-4,7,10,12-13,15-16H,5-6,8-9,11,14H2,1H3,(H2,24,26)/t15-/m0/s1. The quantitative estimate of drug-likeness (QED) is 0.701. The SMILES string of the molecule is C[C@H]1CN(c2cc(-c3cnc(N)c(Cc4ccccn4)c3)nc(C3CC3)n2)CCO1. The first kappa shape index (κ1) is 18.9. The Balaban J connectivity index is 1.50. The van der Waals surface area contributed by atoms with E-state index in [1.54, 1.807) is 6.20 Å². The van der Waals surface area contributed by atoms with Gasteiger partial charge in [0.1, 0.15) is 17.5 Å². The van der Waals surface area contributed by atoms with E-state index in [4.69, 9.17) is 20.4 Å². The molecule has 4 heterocycles. The Kier molecular flexibility index (Phi) is 5.04. The Morgan fingerprint density at radius 1 is 1.17 bits per heavy atom. The van der Waals surface area contributed by atoms with Gasteiger partial charge in [-0.05, 0) is 38.0 Å². The van der Waals surface area contributed by atoms with Crippen molar-refractivity contribution in [2.75, 3.05) is 30.3 Å². The summed E-state index contributed by atoms with van der Waals surface area (Å²) in [5.74, 6) is 2.91. The van der Waals surface area contributed by atoms with Crippen LogP contribution < -0.4 is 10.6 Å². The van der Waals surface area contributed by atoms with Gasteiger partial charge in [0.15, 0.2) is 0 Å². The summed E-state index contributed by atoms with van der Waals surface area (Å²) in [5.41, 5.74) is 9.95. The average molecular weight is 403 g/mol. The van der Waals surface area contributed by atoms with Crippen LogP contribution in [0.15, 0.2) is 42.7 Å². The number of hydrogen-bond acceptors (Lipinski definition) is 7. The number of morpholine rings is 1. The van der Waals surface area contributed by atoms with Gasteiger partial charge in [-0.3, -0.25) is 4.98 Å². The zero-order valence-corrected chi connectivity index (χ0v) is 17.2. The van der Waals surface area contributed by atoms with Crippen molar-refractivity contribution >= 4 is 11.6 Å². The molecule has 0 unspecified atom stereocenters. The number of ether oxygens (including phenoxy) is 1. The monoisotopic (exact) mass is 402 g/mol. The Hall–Kier alpha value is -3.06. The molecule has 0 amide bonds. The molecule has 5 rings (SSSR count). The summed E-state index contributed by atoms with van der Waals surface area (Å²) < 4.78 is 5.71. The molecular formula is C23H26N6O. The summed E-state index contributed by atoms with van der Waals surface area (Å²) in [6.07, 6.45) is 6.76. The van der Waals surface area contributed by atoms with Crippen LogP contribution >= 0.6 is 0 Å². The van der Waals surface area contributed by atoms with E-state index >= 15 is 0 Å². The van der Waals surface area contributed by atoms with Gasteiger partial charge in [0.2, 0.25) is 0 Å². The highest BCUT2D eigenvalue weighted by atomic mass is 16.5. The number of nitrogen functional groups attached to an aromatic ring is 1. The van der Waals surface area contributed by atoms with Crippen LogP contribution in [0.5, 0.6) is 0 Å². The van der Waals surface area contributed by atoms with Gasteiger partial charge in [-0.2, -0.15) is 0 Å². The van der Waals surface area contributed by atoms with E-state index in [0.717, 1.165) is 66.7 Å². The maximum atomic E-state index is 6.17. The molecule has 30 heavy (non-hydrogen) atoms. The van der Waals surface area contributed by atoms with E-state index < -0.39 is 0 Å². The Bertz CT molecular complexity index is 1040. The highest BCUT2D eigenvalue weighted by Crippen LogP contribution is 2.39. The molecule has 1 saturated carbocycles. The third kappa shape index (κ3) is 4.11. The molecule has 0 aromatic carbocycles. The van der Waals surface area contributed by atoms with Crippen LogP contribution in [0.3, 0.4) is 0 Å². The van der Waals surface area contributed by atoms with E-state index in [2.05, 4.69) is 33.9 Å². The van der Waals surface area contributed by atoms with Crippen molar-refractivity contribution < 1.29 is 4.74 Å². The number of nitrogens with two attached hydrogens (primary N) is 1. The maximum Gasteiger partial charge on any atom is 0.134 e. The molecule has 1 aliphatic carbocycles. The first-order valence-corrected chi connectivity index (χ1v) is 10.6. The zero-order chi connectivity index (χ0) is 20.5. The lowest BCUT2D eigenvalue weighted by molar-refractivity contribution is 0.0529. The molecular weight excluding hydrogens is 376 g/mol. The summed E-state index contributed by atoms with van der Waals surface area (Å²) in [7, 11) is 0. The topological polar surface area (TPSA) is 90.1 Å². The fourth-order valence-electron chi connectivity index (χ4n) is 3.81. The molecule has 0 radical (unpaired) electrons. The number of nitrogens with zero attached hydrogens (tertiary/aromatic N) is 5. The second-order valence-electron chi connectivity index (χ2n) is 8.14. The largest absolute Gasteiger partial charge is 0.383 e. The van der Waals surface area contributed by atoms with Gasteiger partial charge in [0.25, 0.3) is 0 Å². The predicted octanol–water partition coefficient (Wildman–Crippen LogP) is 3.21. The van der Waals surface area contributed by atoms with Crippen molar-refractivity contribution in [1.82, 2.24) is 19.9 Å². The normalized spacial score (nSPS) is 19.1. The fourth-order valence-corrected chi connectivity index (χ4v) is 3.81. The van der Waals surface area contributed by atoms with Gasteiger partial charge in [-0.15, -0.1) is 0 Å². The summed E-state index contributed by atoms with van der Waals surface area (Å²) in [6, 6.07) is 10.1. The summed E-state index contributed by atoms with van der Waals surface area (Å²) in [6.45, 7) is 4.50. The first-order chi connectivity index (χ1) is 14.7. The van der Waals surface area contributed by atoms with Gasteiger partial charge < -0.3 is 15.4 Å². The summed E-state index contributed by atoms with van der Waals surface area (Å²) in [4.78, 5) is 20.9. The van der Waals surface area contributed by atoms with Gasteiger partial charge in [0, 0.05) is 60.7 Å². The predicted molar refractivity (Wildman–Crippen MR) is 116 cm³/mol. The molecule has 0 spiro atoms. The smallest absolute Gasteiger partial charge is 0.134 e. The summed E-state index contributed by atoms with van der Waals surface area (Å²) >= 11 is 0. The molecule has 0 bridgehead atoms. The summed E-state index contributed by atoms with van der Waals surface area (Å²) in [5, 5.41) is 0. The van der Waals surface area contributed by atoms with Crippen molar-refractivity contribution in [3.63, 3.8) is 0 Å². The molecule has 2 fully saturated rings. The van der Waals surface area contributed by atoms with Crippen molar-refractivity contribution in [3.05, 3.63) is 59.8 Å². The van der Waals surface area contributed by atoms with Crippen LogP contribution in [-0.4, -0.2) is 45.7 Å². The Morgan fingerprint density at radius 3 is 2.83 bits per heavy atom. The lowest BCUT2D eigenvalue weighted by Gasteiger charge is -2.32. The minimum Gasteiger partial charge on any atom is -0.383 e. The van der Waals surface area contributed by atoms with Crippen molar-refractivity contribution in [1.29, 1.82) is 0 Å². The van der Waals surface area contributed by atoms with E-state index in [1.165, 1.54) is 0 Å². The van der Waals surface area contributed by atoms with Gasteiger partial charge >= 0.3 is 0 Å². The lowest BCUT2D eigenvalue weighted by atomic mass is 10.1. The Labute approximate surface area is 176 Å². The maximum absolute atomic E-state index is 6.17. The van der Waals surface area contributed by atoms with E-state index in [-0.39, 0.29) is 6.10 Å². The highest BCUT2D eigenvalue weighted by Gasteiger charge is 2.29. The molecule has 3 aromatic heterocycles. The molecule has 3 aromatic rings. The third-order valence-corrected chi connectivity index (χ3v) is 5.63. The zero-order valence-electron chi connectivity index (χ0n) is 17.2. The van der Waals surface area contributed by atoms with Crippen molar-refractivity contribution in [2.24, 2.45) is 0 Å². The molecule has 7 nitrogen and oxygen atoms in total. The average Bonchev–Trinajstić information content (AvgIpc) is 3.61. The van der Waals surface area contributed by atoms with Crippen LogP contribution in [0.1, 0.15) is 42.8 Å². The highest BCUT2D eigenvalue weighted by molar-refractivity contribution is 5.65. The molecule has 1 atom stereocenters. The van der Waals surface area contributed by atoms with Crippen LogP contribution in [0, 0.1) is 0 Å². The number of aromatic nitrogens is 4. The third-order valence-electron chi connectivity index (χ3n) is 5.63. The first-order valence-electron chi connectivity index (χ1n) is 10.6. The van der Waals surface area contributed by atoms with Crippen molar-refractivity contribution in [2.45, 2.75) is 38.2 Å². The second-order valence-corrected chi connectivity index (χ2v) is 8.14. The van der Waals surface area contributed by atoms with Crippen LogP contribution in [0.4, 0.5) is 11.6 Å². The van der Waals surface area contributed by atoms with Gasteiger partial charge in [0.05, 0.1) is 18.4 Å².